The molecule has 0 unspecified atom stereocenters. The van der Waals surface area contributed by atoms with Crippen LogP contribution in [0.15, 0.2) is 16.6 Å². The zero-order valence-corrected chi connectivity index (χ0v) is 12.5. The first-order valence-corrected chi connectivity index (χ1v) is 6.75. The molecule has 1 saturated heterocycles. The van der Waals surface area contributed by atoms with Crippen LogP contribution in [-0.4, -0.2) is 51.3 Å². The van der Waals surface area contributed by atoms with Gasteiger partial charge < -0.3 is 19.1 Å². The first-order chi connectivity index (χ1) is 9.17. The molecule has 1 fully saturated rings. The van der Waals surface area contributed by atoms with Crippen molar-refractivity contribution in [2.75, 3.05) is 40.5 Å². The van der Waals surface area contributed by atoms with Crippen LogP contribution in [0.25, 0.3) is 0 Å². The van der Waals surface area contributed by atoms with Crippen molar-refractivity contribution < 1.29 is 19.0 Å². The Labute approximate surface area is 120 Å². The minimum absolute atomic E-state index is 0.0697. The molecule has 1 aromatic rings. The highest BCUT2D eigenvalue weighted by atomic mass is 79.9. The molecule has 0 spiro atoms. The molecule has 1 amide bonds. The van der Waals surface area contributed by atoms with E-state index >= 15 is 0 Å². The Morgan fingerprint density at radius 1 is 1.26 bits per heavy atom. The van der Waals surface area contributed by atoms with Gasteiger partial charge in [0, 0.05) is 13.1 Å². The van der Waals surface area contributed by atoms with E-state index in [1.54, 1.807) is 31.3 Å². The van der Waals surface area contributed by atoms with E-state index in [1.165, 1.54) is 0 Å². The quantitative estimate of drug-likeness (QED) is 0.850. The molecule has 0 aliphatic carbocycles. The van der Waals surface area contributed by atoms with Gasteiger partial charge in [-0.2, -0.15) is 0 Å². The third-order valence-corrected chi connectivity index (χ3v) is 3.57. The summed E-state index contributed by atoms with van der Waals surface area (Å²) in [4.78, 5) is 14.3. The second-order valence-electron chi connectivity index (χ2n) is 4.09. The van der Waals surface area contributed by atoms with Crippen molar-refractivity contribution in [3.8, 4) is 11.5 Å². The molecule has 1 heterocycles. The maximum absolute atomic E-state index is 12.5. The predicted molar refractivity (Wildman–Crippen MR) is 74.0 cm³/mol. The highest BCUT2D eigenvalue weighted by Crippen LogP contribution is 2.34. The summed E-state index contributed by atoms with van der Waals surface area (Å²) in [7, 11) is 3.11. The summed E-state index contributed by atoms with van der Waals surface area (Å²) >= 11 is 3.39. The Balaban J connectivity index is 2.35. The average Bonchev–Trinajstić information content (AvgIpc) is 2.46. The Hall–Kier alpha value is -1.27. The Morgan fingerprint density at radius 3 is 2.53 bits per heavy atom. The lowest BCUT2D eigenvalue weighted by Gasteiger charge is -2.27. The van der Waals surface area contributed by atoms with Crippen molar-refractivity contribution in [1.29, 1.82) is 0 Å². The number of benzene rings is 1. The van der Waals surface area contributed by atoms with Gasteiger partial charge in [-0.25, -0.2) is 0 Å². The molecule has 19 heavy (non-hydrogen) atoms. The minimum Gasteiger partial charge on any atom is -0.497 e. The van der Waals surface area contributed by atoms with Crippen molar-refractivity contribution in [2.24, 2.45) is 0 Å². The summed E-state index contributed by atoms with van der Waals surface area (Å²) < 4.78 is 16.4. The Kier molecular flexibility index (Phi) is 4.66. The fourth-order valence-corrected chi connectivity index (χ4v) is 2.59. The predicted octanol–water partition coefficient (Wildman–Crippen LogP) is 1.94. The highest BCUT2D eigenvalue weighted by molar-refractivity contribution is 9.10. The number of halogens is 1. The van der Waals surface area contributed by atoms with Crippen LogP contribution < -0.4 is 9.47 Å². The zero-order chi connectivity index (χ0) is 13.8. The number of morpholine rings is 1. The van der Waals surface area contributed by atoms with E-state index in [4.69, 9.17) is 14.2 Å². The van der Waals surface area contributed by atoms with Gasteiger partial charge in [-0.05, 0) is 28.1 Å². The summed E-state index contributed by atoms with van der Waals surface area (Å²) in [5, 5.41) is 0. The first kappa shape index (κ1) is 14.1. The molecule has 1 aromatic carbocycles. The zero-order valence-electron chi connectivity index (χ0n) is 10.9. The maximum Gasteiger partial charge on any atom is 0.257 e. The number of nitrogens with zero attached hydrogens (tertiary/aromatic N) is 1. The van der Waals surface area contributed by atoms with Gasteiger partial charge in [-0.15, -0.1) is 0 Å². The molecular formula is C13H16BrNO4. The Bertz CT molecular complexity index is 472. The van der Waals surface area contributed by atoms with Crippen molar-refractivity contribution in [3.63, 3.8) is 0 Å². The number of rotatable bonds is 3. The standard InChI is InChI=1S/C13H16BrNO4/c1-17-9-7-10(12(18-2)11(14)8-9)13(16)15-3-5-19-6-4-15/h7-8H,3-6H2,1-2H3. The van der Waals surface area contributed by atoms with Crippen molar-refractivity contribution >= 4 is 21.8 Å². The van der Waals surface area contributed by atoms with Crippen LogP contribution in [-0.2, 0) is 4.74 Å². The summed E-state index contributed by atoms with van der Waals surface area (Å²) in [6.07, 6.45) is 0. The summed E-state index contributed by atoms with van der Waals surface area (Å²) in [5.74, 6) is 1.07. The number of carbonyl (C=O) groups excluding carboxylic acids is 1. The number of amides is 1. The van der Waals surface area contributed by atoms with Gasteiger partial charge in [0.05, 0.1) is 37.5 Å². The fourth-order valence-electron chi connectivity index (χ4n) is 1.99. The third kappa shape index (κ3) is 3.01. The van der Waals surface area contributed by atoms with E-state index in [1.807, 2.05) is 0 Å². The van der Waals surface area contributed by atoms with E-state index in [2.05, 4.69) is 15.9 Å². The SMILES string of the molecule is COc1cc(Br)c(OC)c(C(=O)N2CCOCC2)c1. The van der Waals surface area contributed by atoms with E-state index in [9.17, 15) is 4.79 Å². The molecule has 1 aliphatic rings. The fraction of sp³-hybridized carbons (Fsp3) is 0.462. The molecular weight excluding hydrogens is 314 g/mol. The molecule has 1 aliphatic heterocycles. The largest absolute Gasteiger partial charge is 0.497 e. The maximum atomic E-state index is 12.5. The van der Waals surface area contributed by atoms with Gasteiger partial charge in [-0.1, -0.05) is 0 Å². The van der Waals surface area contributed by atoms with Crippen LogP contribution in [0.4, 0.5) is 0 Å². The second kappa shape index (κ2) is 6.25. The lowest BCUT2D eigenvalue weighted by atomic mass is 10.1. The van der Waals surface area contributed by atoms with Crippen LogP contribution >= 0.6 is 15.9 Å². The van der Waals surface area contributed by atoms with Crippen molar-refractivity contribution in [3.05, 3.63) is 22.2 Å². The van der Waals surface area contributed by atoms with E-state index in [-0.39, 0.29) is 5.91 Å². The van der Waals surface area contributed by atoms with Crippen molar-refractivity contribution in [2.45, 2.75) is 0 Å². The molecule has 0 radical (unpaired) electrons. The van der Waals surface area contributed by atoms with Crippen LogP contribution in [0, 0.1) is 0 Å². The second-order valence-corrected chi connectivity index (χ2v) is 4.95. The monoisotopic (exact) mass is 329 g/mol. The Morgan fingerprint density at radius 2 is 1.95 bits per heavy atom. The molecule has 0 aromatic heterocycles. The number of hydrogen-bond donors (Lipinski definition) is 0. The van der Waals surface area contributed by atoms with E-state index < -0.39 is 0 Å². The van der Waals surface area contributed by atoms with Crippen molar-refractivity contribution in [1.82, 2.24) is 4.90 Å². The van der Waals surface area contributed by atoms with E-state index in [0.29, 0.717) is 47.8 Å². The smallest absolute Gasteiger partial charge is 0.257 e. The lowest BCUT2D eigenvalue weighted by molar-refractivity contribution is 0.0300. The summed E-state index contributed by atoms with van der Waals surface area (Å²) in [5.41, 5.74) is 0.496. The number of hydrogen-bond acceptors (Lipinski definition) is 4. The molecule has 0 bridgehead atoms. The lowest BCUT2D eigenvalue weighted by Crippen LogP contribution is -2.40. The molecule has 0 saturated carbocycles. The summed E-state index contributed by atoms with van der Waals surface area (Å²) in [6.45, 7) is 2.33. The van der Waals surface area contributed by atoms with Gasteiger partial charge in [0.2, 0.25) is 0 Å². The number of methoxy groups -OCH3 is 2. The normalized spacial score (nSPS) is 15.2. The minimum atomic E-state index is -0.0697. The van der Waals surface area contributed by atoms with Crippen LogP contribution in [0.2, 0.25) is 0 Å². The average molecular weight is 330 g/mol. The van der Waals surface area contributed by atoms with Gasteiger partial charge >= 0.3 is 0 Å². The van der Waals surface area contributed by atoms with Crippen LogP contribution in [0.3, 0.4) is 0 Å². The van der Waals surface area contributed by atoms with Crippen LogP contribution in [0.5, 0.6) is 11.5 Å². The number of carbonyl (C=O) groups is 1. The van der Waals surface area contributed by atoms with Gasteiger partial charge in [-0.3, -0.25) is 4.79 Å². The first-order valence-electron chi connectivity index (χ1n) is 5.96. The molecule has 6 heteroatoms. The molecule has 0 atom stereocenters. The molecule has 104 valence electrons. The highest BCUT2D eigenvalue weighted by Gasteiger charge is 2.23. The van der Waals surface area contributed by atoms with Gasteiger partial charge in [0.25, 0.3) is 5.91 Å². The number of ether oxygens (including phenoxy) is 3. The third-order valence-electron chi connectivity index (χ3n) is 2.99. The summed E-state index contributed by atoms with van der Waals surface area (Å²) in [6, 6.07) is 3.47. The molecule has 0 N–H and O–H groups in total. The van der Waals surface area contributed by atoms with E-state index in [0.717, 1.165) is 0 Å². The molecule has 2 rings (SSSR count). The van der Waals surface area contributed by atoms with Crippen LogP contribution in [0.1, 0.15) is 10.4 Å². The topological polar surface area (TPSA) is 48.0 Å². The molecule has 5 nitrogen and oxygen atoms in total. The van der Waals surface area contributed by atoms with Gasteiger partial charge in [0.1, 0.15) is 11.5 Å². The van der Waals surface area contributed by atoms with Gasteiger partial charge in [0.15, 0.2) is 0 Å².